The van der Waals surface area contributed by atoms with E-state index in [-0.39, 0.29) is 18.0 Å². The summed E-state index contributed by atoms with van der Waals surface area (Å²) in [6.45, 7) is 5.65. The number of rotatable bonds is 4. The molecule has 0 radical (unpaired) electrons. The molecule has 1 aromatic carbocycles. The first-order chi connectivity index (χ1) is 12.0. The Morgan fingerprint density at radius 1 is 1.36 bits per heavy atom. The zero-order valence-electron chi connectivity index (χ0n) is 14.6. The summed E-state index contributed by atoms with van der Waals surface area (Å²) in [6, 6.07) is 5.47. The van der Waals surface area contributed by atoms with Crippen LogP contribution >= 0.6 is 0 Å². The van der Waals surface area contributed by atoms with Gasteiger partial charge in [0.05, 0.1) is 24.0 Å². The highest BCUT2D eigenvalue weighted by Crippen LogP contribution is 2.15. The minimum absolute atomic E-state index is 0.0686. The monoisotopic (exact) mass is 344 g/mol. The maximum Gasteiger partial charge on any atom is 0.409 e. The smallest absolute Gasteiger partial charge is 0.409 e. The minimum atomic E-state index is -0.261. The van der Waals surface area contributed by atoms with Gasteiger partial charge < -0.3 is 19.9 Å². The highest BCUT2D eigenvalue weighted by molar-refractivity contribution is 5.97. The number of nitrogens with zero attached hydrogens (tertiary/aromatic N) is 2. The van der Waals surface area contributed by atoms with Gasteiger partial charge in [0.15, 0.2) is 0 Å². The van der Waals surface area contributed by atoms with Gasteiger partial charge in [-0.1, -0.05) is 13.8 Å². The Hall–Kier alpha value is -2.57. The molecular weight excluding hydrogens is 320 g/mol. The van der Waals surface area contributed by atoms with Gasteiger partial charge in [0.25, 0.3) is 5.91 Å². The van der Waals surface area contributed by atoms with Crippen molar-refractivity contribution in [2.24, 2.45) is 5.92 Å². The molecule has 0 bridgehead atoms. The van der Waals surface area contributed by atoms with Crippen LogP contribution in [0.1, 0.15) is 37.0 Å². The van der Waals surface area contributed by atoms with Crippen LogP contribution in [0.3, 0.4) is 0 Å². The fraction of sp³-hybridized carbons (Fsp3) is 0.500. The molecule has 7 nitrogen and oxygen atoms in total. The molecule has 2 N–H and O–H groups in total. The number of hydrogen-bond donors (Lipinski definition) is 2. The molecule has 1 aromatic heterocycles. The molecule has 2 heterocycles. The molecule has 3 rings (SSSR count). The number of H-pyrrole nitrogens is 1. The van der Waals surface area contributed by atoms with Gasteiger partial charge in [-0.25, -0.2) is 9.78 Å². The zero-order valence-corrected chi connectivity index (χ0v) is 14.6. The summed E-state index contributed by atoms with van der Waals surface area (Å²) in [5, 5.41) is 3.05. The number of benzene rings is 1. The number of likely N-dealkylation sites (tertiary alicyclic amines) is 1. The third-order valence-corrected chi connectivity index (χ3v) is 4.31. The molecule has 1 saturated heterocycles. The van der Waals surface area contributed by atoms with Crippen LogP contribution in [0.5, 0.6) is 0 Å². The number of aromatic nitrogens is 2. The van der Waals surface area contributed by atoms with E-state index >= 15 is 0 Å². The second-order valence-electron chi connectivity index (χ2n) is 6.84. The van der Waals surface area contributed by atoms with Crippen LogP contribution in [0, 0.1) is 5.92 Å². The van der Waals surface area contributed by atoms with Crippen molar-refractivity contribution >= 4 is 23.0 Å². The number of aromatic amines is 1. The summed E-state index contributed by atoms with van der Waals surface area (Å²) in [4.78, 5) is 33.2. The standard InChI is InChI=1S/C18H24N4O3/c1-12(2)10-25-18(24)22-7-5-14(6-8-22)21-17(23)13-3-4-15-16(9-13)20-11-19-15/h3-4,9,11-12,14H,5-8,10H2,1-2H3,(H,19,20)(H,21,23). The minimum Gasteiger partial charge on any atom is -0.449 e. The molecule has 0 saturated carbocycles. The molecule has 1 fully saturated rings. The Labute approximate surface area is 146 Å². The topological polar surface area (TPSA) is 87.3 Å². The van der Waals surface area contributed by atoms with Crippen LogP contribution in [-0.2, 0) is 4.74 Å². The summed E-state index contributed by atoms with van der Waals surface area (Å²) in [6.07, 6.45) is 2.81. The molecule has 0 spiro atoms. The highest BCUT2D eigenvalue weighted by atomic mass is 16.6. The van der Waals surface area contributed by atoms with Crippen molar-refractivity contribution in [1.29, 1.82) is 0 Å². The van der Waals surface area contributed by atoms with Crippen molar-refractivity contribution in [3.8, 4) is 0 Å². The van der Waals surface area contributed by atoms with Crippen LogP contribution in [0.15, 0.2) is 24.5 Å². The number of imidazole rings is 1. The molecular formula is C18H24N4O3. The average molecular weight is 344 g/mol. The zero-order chi connectivity index (χ0) is 17.8. The molecule has 0 aliphatic carbocycles. The first kappa shape index (κ1) is 17.3. The summed E-state index contributed by atoms with van der Waals surface area (Å²) in [5.41, 5.74) is 2.29. The van der Waals surface area contributed by atoms with Crippen molar-refractivity contribution in [3.05, 3.63) is 30.1 Å². The lowest BCUT2D eigenvalue weighted by atomic mass is 10.0. The Bertz CT molecular complexity index is 748. The number of ether oxygens (including phenoxy) is 1. The largest absolute Gasteiger partial charge is 0.449 e. The Morgan fingerprint density at radius 3 is 2.84 bits per heavy atom. The van der Waals surface area contributed by atoms with Gasteiger partial charge in [0.2, 0.25) is 0 Å². The van der Waals surface area contributed by atoms with E-state index < -0.39 is 0 Å². The van der Waals surface area contributed by atoms with Crippen molar-refractivity contribution in [3.63, 3.8) is 0 Å². The quantitative estimate of drug-likeness (QED) is 0.892. The van der Waals surface area contributed by atoms with E-state index in [2.05, 4.69) is 15.3 Å². The Balaban J connectivity index is 1.49. The fourth-order valence-corrected chi connectivity index (χ4v) is 2.88. The van der Waals surface area contributed by atoms with Crippen molar-refractivity contribution in [1.82, 2.24) is 20.2 Å². The predicted molar refractivity (Wildman–Crippen MR) is 94.3 cm³/mol. The van der Waals surface area contributed by atoms with Crippen LogP contribution < -0.4 is 5.32 Å². The van der Waals surface area contributed by atoms with E-state index in [1.807, 2.05) is 19.9 Å². The molecule has 1 aliphatic heterocycles. The maximum absolute atomic E-state index is 12.4. The Morgan fingerprint density at radius 2 is 2.12 bits per heavy atom. The summed E-state index contributed by atoms with van der Waals surface area (Å²) in [5.74, 6) is 0.227. The van der Waals surface area contributed by atoms with Crippen molar-refractivity contribution in [2.45, 2.75) is 32.7 Å². The lowest BCUT2D eigenvalue weighted by Crippen LogP contribution is -2.46. The maximum atomic E-state index is 12.4. The van der Waals surface area contributed by atoms with Gasteiger partial charge in [-0.05, 0) is 37.0 Å². The average Bonchev–Trinajstić information content (AvgIpc) is 3.08. The lowest BCUT2D eigenvalue weighted by Gasteiger charge is -2.31. The van der Waals surface area contributed by atoms with Crippen molar-refractivity contribution < 1.29 is 14.3 Å². The molecule has 2 aromatic rings. The van der Waals surface area contributed by atoms with Gasteiger partial charge in [0, 0.05) is 24.7 Å². The van der Waals surface area contributed by atoms with E-state index in [4.69, 9.17) is 4.74 Å². The van der Waals surface area contributed by atoms with Crippen LogP contribution in [0.2, 0.25) is 0 Å². The van der Waals surface area contributed by atoms with E-state index in [1.54, 1.807) is 23.4 Å². The van der Waals surface area contributed by atoms with Gasteiger partial charge in [-0.2, -0.15) is 0 Å². The summed E-state index contributed by atoms with van der Waals surface area (Å²) < 4.78 is 5.25. The predicted octanol–water partition coefficient (Wildman–Crippen LogP) is 2.55. The molecule has 0 atom stereocenters. The SMILES string of the molecule is CC(C)COC(=O)N1CCC(NC(=O)c2ccc3nc[nH]c3c2)CC1. The number of amides is 2. The number of hydrogen-bond acceptors (Lipinski definition) is 4. The molecule has 134 valence electrons. The number of piperidine rings is 1. The molecule has 25 heavy (non-hydrogen) atoms. The highest BCUT2D eigenvalue weighted by Gasteiger charge is 2.25. The van der Waals surface area contributed by atoms with E-state index in [1.165, 1.54) is 0 Å². The number of carbonyl (C=O) groups excluding carboxylic acids is 2. The van der Waals surface area contributed by atoms with E-state index in [0.717, 1.165) is 23.9 Å². The van der Waals surface area contributed by atoms with Crippen LogP contribution in [-0.4, -0.2) is 52.6 Å². The second-order valence-corrected chi connectivity index (χ2v) is 6.84. The first-order valence-corrected chi connectivity index (χ1v) is 8.68. The van der Waals surface area contributed by atoms with Crippen LogP contribution in [0.4, 0.5) is 4.79 Å². The lowest BCUT2D eigenvalue weighted by molar-refractivity contribution is 0.0785. The van der Waals surface area contributed by atoms with Gasteiger partial charge in [-0.3, -0.25) is 4.79 Å². The fourth-order valence-electron chi connectivity index (χ4n) is 2.88. The normalized spacial score (nSPS) is 15.6. The molecule has 1 aliphatic rings. The van der Waals surface area contributed by atoms with Gasteiger partial charge in [-0.15, -0.1) is 0 Å². The number of nitrogens with one attached hydrogen (secondary N) is 2. The summed E-state index contributed by atoms with van der Waals surface area (Å²) >= 11 is 0. The van der Waals surface area contributed by atoms with Crippen LogP contribution in [0.25, 0.3) is 11.0 Å². The van der Waals surface area contributed by atoms with Gasteiger partial charge >= 0.3 is 6.09 Å². The molecule has 2 amide bonds. The van der Waals surface area contributed by atoms with Crippen molar-refractivity contribution in [2.75, 3.05) is 19.7 Å². The summed E-state index contributed by atoms with van der Waals surface area (Å²) in [7, 11) is 0. The van der Waals surface area contributed by atoms with Gasteiger partial charge in [0.1, 0.15) is 0 Å². The Kier molecular flexibility index (Phi) is 5.21. The number of carbonyl (C=O) groups is 2. The number of fused-ring (bicyclic) bond motifs is 1. The molecule has 0 unspecified atom stereocenters. The van der Waals surface area contributed by atoms with E-state index in [0.29, 0.717) is 31.2 Å². The third kappa shape index (κ3) is 4.29. The first-order valence-electron chi connectivity index (χ1n) is 8.68. The third-order valence-electron chi connectivity index (χ3n) is 4.31. The van der Waals surface area contributed by atoms with E-state index in [9.17, 15) is 9.59 Å². The second kappa shape index (κ2) is 7.55. The molecule has 7 heteroatoms.